The van der Waals surface area contributed by atoms with Gasteiger partial charge in [0.2, 0.25) is 5.78 Å². The summed E-state index contributed by atoms with van der Waals surface area (Å²) in [6.45, 7) is 2.14. The smallest absolute Gasteiger partial charge is 0.229 e. The Balaban J connectivity index is 1.94. The summed E-state index contributed by atoms with van der Waals surface area (Å²) in [6.07, 6.45) is 2.72. The maximum absolute atomic E-state index is 12.5. The van der Waals surface area contributed by atoms with Gasteiger partial charge in [0.1, 0.15) is 5.60 Å². The molecule has 1 saturated carbocycles. The molecule has 1 aromatic heterocycles. The molecule has 106 valence electrons. The average Bonchev–Trinajstić information content (AvgIpc) is 2.87. The van der Waals surface area contributed by atoms with E-state index in [0.717, 1.165) is 18.2 Å². The number of aliphatic hydroxyl groups is 1. The zero-order valence-electron chi connectivity index (χ0n) is 11.4. The lowest BCUT2D eigenvalue weighted by atomic mass is 9.77. The third-order valence-electron chi connectivity index (χ3n) is 4.24. The van der Waals surface area contributed by atoms with Crippen molar-refractivity contribution >= 4 is 28.4 Å². The second-order valence-electron chi connectivity index (χ2n) is 5.81. The highest BCUT2D eigenvalue weighted by molar-refractivity contribution is 6.34. The van der Waals surface area contributed by atoms with Crippen molar-refractivity contribution in [1.82, 2.24) is 0 Å². The van der Waals surface area contributed by atoms with Crippen LogP contribution in [-0.2, 0) is 0 Å². The molecule has 4 heteroatoms. The number of hydrogen-bond acceptors (Lipinski definition) is 3. The largest absolute Gasteiger partial charge is 0.451 e. The van der Waals surface area contributed by atoms with Gasteiger partial charge in [0.15, 0.2) is 11.3 Å². The standard InChI is InChI=1S/C16H17ClO3/c1-10-5-7-16(19,8-6-10)15(18)13-9-11-3-2-4-12(17)14(11)20-13/h2-4,9-10,19H,5-8H2,1H3. The molecule has 1 aliphatic rings. The first kappa shape index (κ1) is 13.7. The van der Waals surface area contributed by atoms with Crippen LogP contribution in [0.5, 0.6) is 0 Å². The summed E-state index contributed by atoms with van der Waals surface area (Å²) in [5, 5.41) is 11.8. The Labute approximate surface area is 122 Å². The van der Waals surface area contributed by atoms with Gasteiger partial charge in [-0.2, -0.15) is 0 Å². The first-order valence-electron chi connectivity index (χ1n) is 6.95. The minimum Gasteiger partial charge on any atom is -0.451 e. The van der Waals surface area contributed by atoms with Crippen LogP contribution in [0.4, 0.5) is 0 Å². The number of halogens is 1. The van der Waals surface area contributed by atoms with Crippen molar-refractivity contribution < 1.29 is 14.3 Å². The molecule has 0 spiro atoms. The summed E-state index contributed by atoms with van der Waals surface area (Å²) in [7, 11) is 0. The van der Waals surface area contributed by atoms with Gasteiger partial charge in [0, 0.05) is 5.39 Å². The van der Waals surface area contributed by atoms with Gasteiger partial charge in [0.05, 0.1) is 5.02 Å². The normalized spacial score (nSPS) is 26.9. The van der Waals surface area contributed by atoms with Crippen LogP contribution < -0.4 is 0 Å². The fourth-order valence-corrected chi connectivity index (χ4v) is 3.06. The van der Waals surface area contributed by atoms with Crippen LogP contribution in [-0.4, -0.2) is 16.5 Å². The highest BCUT2D eigenvalue weighted by Crippen LogP contribution is 2.36. The molecule has 0 aliphatic heterocycles. The zero-order chi connectivity index (χ0) is 14.3. The van der Waals surface area contributed by atoms with Gasteiger partial charge in [-0.05, 0) is 43.7 Å². The van der Waals surface area contributed by atoms with E-state index in [2.05, 4.69) is 6.92 Å². The number of ketones is 1. The summed E-state index contributed by atoms with van der Waals surface area (Å²) in [5.41, 5.74) is -0.780. The van der Waals surface area contributed by atoms with E-state index in [-0.39, 0.29) is 11.5 Å². The van der Waals surface area contributed by atoms with Crippen molar-refractivity contribution in [2.75, 3.05) is 0 Å². The number of hydrogen-bond donors (Lipinski definition) is 1. The Hall–Kier alpha value is -1.32. The molecular weight excluding hydrogens is 276 g/mol. The first-order valence-corrected chi connectivity index (χ1v) is 7.33. The van der Waals surface area contributed by atoms with Gasteiger partial charge in [-0.3, -0.25) is 4.79 Å². The molecular formula is C16H17ClO3. The molecule has 20 heavy (non-hydrogen) atoms. The number of fused-ring (bicyclic) bond motifs is 1. The molecule has 1 heterocycles. The van der Waals surface area contributed by atoms with Crippen LogP contribution in [0.25, 0.3) is 11.0 Å². The second kappa shape index (κ2) is 4.90. The van der Waals surface area contributed by atoms with Gasteiger partial charge in [-0.25, -0.2) is 0 Å². The summed E-state index contributed by atoms with van der Waals surface area (Å²) >= 11 is 6.05. The van der Waals surface area contributed by atoms with E-state index in [1.165, 1.54) is 0 Å². The molecule has 0 amide bonds. The lowest BCUT2D eigenvalue weighted by Crippen LogP contribution is -2.41. The van der Waals surface area contributed by atoms with Crippen molar-refractivity contribution in [2.24, 2.45) is 5.92 Å². The first-order chi connectivity index (χ1) is 9.49. The van der Waals surface area contributed by atoms with Gasteiger partial charge < -0.3 is 9.52 Å². The molecule has 3 rings (SSSR count). The van der Waals surface area contributed by atoms with Crippen LogP contribution in [0.2, 0.25) is 5.02 Å². The highest BCUT2D eigenvalue weighted by Gasteiger charge is 2.40. The quantitative estimate of drug-likeness (QED) is 0.844. The van der Waals surface area contributed by atoms with Crippen LogP contribution >= 0.6 is 11.6 Å². The third-order valence-corrected chi connectivity index (χ3v) is 4.54. The predicted molar refractivity (Wildman–Crippen MR) is 78.1 cm³/mol. The fourth-order valence-electron chi connectivity index (χ4n) is 2.84. The Kier molecular flexibility index (Phi) is 3.35. The minimum absolute atomic E-state index is 0.199. The lowest BCUT2D eigenvalue weighted by Gasteiger charge is -2.32. The lowest BCUT2D eigenvalue weighted by molar-refractivity contribution is 0.00223. The predicted octanol–water partition coefficient (Wildman–Crippen LogP) is 4.21. The molecule has 2 aromatic rings. The Morgan fingerprint density at radius 2 is 2.10 bits per heavy atom. The number of furan rings is 1. The van der Waals surface area contributed by atoms with E-state index < -0.39 is 5.60 Å². The molecule has 1 aliphatic carbocycles. The second-order valence-corrected chi connectivity index (χ2v) is 6.22. The number of rotatable bonds is 2. The molecule has 0 bridgehead atoms. The Bertz CT molecular complexity index is 651. The number of benzene rings is 1. The van der Waals surface area contributed by atoms with Crippen LogP contribution in [0.1, 0.15) is 43.2 Å². The molecule has 1 fully saturated rings. The third kappa shape index (κ3) is 2.25. The fraction of sp³-hybridized carbons (Fsp3) is 0.438. The van der Waals surface area contributed by atoms with E-state index >= 15 is 0 Å². The average molecular weight is 293 g/mol. The van der Waals surface area contributed by atoms with Crippen molar-refractivity contribution in [2.45, 2.75) is 38.2 Å². The summed E-state index contributed by atoms with van der Waals surface area (Å²) in [6, 6.07) is 7.04. The van der Waals surface area contributed by atoms with E-state index in [4.69, 9.17) is 16.0 Å². The van der Waals surface area contributed by atoms with Crippen LogP contribution in [0.15, 0.2) is 28.7 Å². The van der Waals surface area contributed by atoms with Gasteiger partial charge >= 0.3 is 0 Å². The highest BCUT2D eigenvalue weighted by atomic mass is 35.5. The van der Waals surface area contributed by atoms with Gasteiger partial charge in [-0.1, -0.05) is 30.7 Å². The van der Waals surface area contributed by atoms with Gasteiger partial charge in [0.25, 0.3) is 0 Å². The summed E-state index contributed by atoms with van der Waals surface area (Å²) < 4.78 is 5.56. The SMILES string of the molecule is CC1CCC(O)(C(=O)c2cc3cccc(Cl)c3o2)CC1. The van der Waals surface area contributed by atoms with E-state index in [1.807, 2.05) is 12.1 Å². The van der Waals surface area contributed by atoms with E-state index in [1.54, 1.807) is 12.1 Å². The molecule has 1 aromatic carbocycles. The van der Waals surface area contributed by atoms with Gasteiger partial charge in [-0.15, -0.1) is 0 Å². The Morgan fingerprint density at radius 1 is 1.40 bits per heavy atom. The maximum atomic E-state index is 12.5. The van der Waals surface area contributed by atoms with Crippen LogP contribution in [0, 0.1) is 5.92 Å². The zero-order valence-corrected chi connectivity index (χ0v) is 12.1. The minimum atomic E-state index is -1.28. The number of carbonyl (C=O) groups excluding carboxylic acids is 1. The number of para-hydroxylation sites is 1. The summed E-state index contributed by atoms with van der Waals surface area (Å²) in [5.74, 6) is 0.440. The number of carbonyl (C=O) groups is 1. The molecule has 0 radical (unpaired) electrons. The number of Topliss-reactive ketones (excluding diaryl/α,β-unsaturated/α-hetero) is 1. The van der Waals surface area contributed by atoms with Crippen molar-refractivity contribution in [3.8, 4) is 0 Å². The molecule has 1 N–H and O–H groups in total. The van der Waals surface area contributed by atoms with Crippen molar-refractivity contribution in [3.05, 3.63) is 35.0 Å². The van der Waals surface area contributed by atoms with E-state index in [9.17, 15) is 9.90 Å². The Morgan fingerprint density at radius 3 is 2.75 bits per heavy atom. The monoisotopic (exact) mass is 292 g/mol. The molecule has 0 saturated heterocycles. The van der Waals surface area contributed by atoms with Crippen molar-refractivity contribution in [3.63, 3.8) is 0 Å². The van der Waals surface area contributed by atoms with E-state index in [0.29, 0.717) is 29.4 Å². The summed E-state index contributed by atoms with van der Waals surface area (Å²) in [4.78, 5) is 12.5. The van der Waals surface area contributed by atoms with Crippen molar-refractivity contribution in [1.29, 1.82) is 0 Å². The van der Waals surface area contributed by atoms with Crippen LogP contribution in [0.3, 0.4) is 0 Å². The molecule has 3 nitrogen and oxygen atoms in total. The maximum Gasteiger partial charge on any atom is 0.229 e. The molecule has 0 unspecified atom stereocenters. The molecule has 0 atom stereocenters. The topological polar surface area (TPSA) is 50.4 Å².